The molecule has 3 nitrogen and oxygen atoms in total. The number of benzene rings is 1. The summed E-state index contributed by atoms with van der Waals surface area (Å²) < 4.78 is 38.1. The molecule has 0 radical (unpaired) electrons. The van der Waals surface area contributed by atoms with Gasteiger partial charge in [-0.15, -0.1) is 11.8 Å². The predicted octanol–water partition coefficient (Wildman–Crippen LogP) is 5.00. The zero-order valence-electron chi connectivity index (χ0n) is 10.3. The molecule has 110 valence electrons. The molecule has 2 rings (SSSR count). The molecule has 0 spiro atoms. The van der Waals surface area contributed by atoms with Crippen molar-refractivity contribution >= 4 is 35.0 Å². The second-order valence-corrected chi connectivity index (χ2v) is 5.52. The highest BCUT2D eigenvalue weighted by molar-refractivity contribution is 7.98. The molecule has 1 heterocycles. The van der Waals surface area contributed by atoms with Gasteiger partial charge in [-0.3, -0.25) is 5.10 Å². The van der Waals surface area contributed by atoms with Crippen LogP contribution in [0.2, 0.25) is 10.0 Å². The van der Waals surface area contributed by atoms with Crippen LogP contribution in [-0.4, -0.2) is 16.5 Å². The van der Waals surface area contributed by atoms with Crippen molar-refractivity contribution in [3.8, 4) is 17.3 Å². The van der Waals surface area contributed by atoms with Gasteiger partial charge in [0.25, 0.3) is 0 Å². The van der Waals surface area contributed by atoms with Crippen molar-refractivity contribution in [3.05, 3.63) is 33.3 Å². The van der Waals surface area contributed by atoms with Gasteiger partial charge in [0.15, 0.2) is 0 Å². The summed E-state index contributed by atoms with van der Waals surface area (Å²) in [5.74, 6) is 0. The molecule has 1 aromatic heterocycles. The molecule has 0 bridgehead atoms. The molecule has 0 aliphatic rings. The van der Waals surface area contributed by atoms with E-state index in [-0.39, 0.29) is 26.9 Å². The van der Waals surface area contributed by atoms with E-state index >= 15 is 0 Å². The Bertz CT molecular complexity index is 711. The molecule has 0 aliphatic heterocycles. The second-order valence-electron chi connectivity index (χ2n) is 3.91. The number of rotatable bonds is 2. The van der Waals surface area contributed by atoms with Gasteiger partial charge in [-0.05, 0) is 18.4 Å². The van der Waals surface area contributed by atoms with Crippen molar-refractivity contribution < 1.29 is 13.2 Å². The van der Waals surface area contributed by atoms with Gasteiger partial charge in [-0.1, -0.05) is 23.2 Å². The van der Waals surface area contributed by atoms with Crippen LogP contribution in [-0.2, 0) is 6.18 Å². The summed E-state index contributed by atoms with van der Waals surface area (Å²) in [6.45, 7) is 0. The molecule has 21 heavy (non-hydrogen) atoms. The number of nitrogens with one attached hydrogen (secondary N) is 1. The standard InChI is InChI=1S/C12H6Cl2F3N3S/c1-21-11-6(4-18)10(19-20-11)9-7(13)2-5(3-8(9)14)12(15,16)17/h2-3H,1H3,(H,19,20). The summed E-state index contributed by atoms with van der Waals surface area (Å²) in [6, 6.07) is 3.47. The first-order valence-electron chi connectivity index (χ1n) is 5.38. The maximum Gasteiger partial charge on any atom is 0.416 e. The summed E-state index contributed by atoms with van der Waals surface area (Å²) in [7, 11) is 0. The molecule has 2 aromatic rings. The first-order chi connectivity index (χ1) is 9.79. The topological polar surface area (TPSA) is 52.5 Å². The van der Waals surface area contributed by atoms with Crippen LogP contribution >= 0.6 is 35.0 Å². The van der Waals surface area contributed by atoms with Crippen LogP contribution in [0.3, 0.4) is 0 Å². The van der Waals surface area contributed by atoms with Crippen LogP contribution in [0, 0.1) is 11.3 Å². The van der Waals surface area contributed by atoms with E-state index in [0.29, 0.717) is 5.03 Å². The Morgan fingerprint density at radius 2 is 1.86 bits per heavy atom. The van der Waals surface area contributed by atoms with E-state index in [1.165, 1.54) is 11.8 Å². The monoisotopic (exact) mass is 351 g/mol. The zero-order chi connectivity index (χ0) is 15.8. The number of alkyl halides is 3. The lowest BCUT2D eigenvalue weighted by atomic mass is 10.1. The Hall–Kier alpha value is -1.36. The Labute approximate surface area is 132 Å². The van der Waals surface area contributed by atoms with E-state index in [0.717, 1.165) is 12.1 Å². The first kappa shape index (κ1) is 16.0. The smallest absolute Gasteiger partial charge is 0.275 e. The number of hydrogen-bond acceptors (Lipinski definition) is 3. The van der Waals surface area contributed by atoms with Crippen molar-refractivity contribution in [1.82, 2.24) is 10.2 Å². The SMILES string of the molecule is CSc1n[nH]c(-c2c(Cl)cc(C(F)(F)F)cc2Cl)c1C#N. The van der Waals surface area contributed by atoms with Crippen molar-refractivity contribution in [2.45, 2.75) is 11.2 Å². The third kappa shape index (κ3) is 2.98. The molecule has 9 heteroatoms. The van der Waals surface area contributed by atoms with Gasteiger partial charge in [-0.2, -0.15) is 23.5 Å². The highest BCUT2D eigenvalue weighted by atomic mass is 35.5. The predicted molar refractivity (Wildman–Crippen MR) is 75.5 cm³/mol. The Balaban J connectivity index is 2.67. The zero-order valence-corrected chi connectivity index (χ0v) is 12.7. The molecule has 1 aromatic carbocycles. The molecule has 1 N–H and O–H groups in total. The summed E-state index contributed by atoms with van der Waals surface area (Å²) >= 11 is 13.0. The van der Waals surface area contributed by atoms with Crippen LogP contribution in [0.15, 0.2) is 17.2 Å². The molecule has 0 fully saturated rings. The number of H-pyrrole nitrogens is 1. The van der Waals surface area contributed by atoms with Gasteiger partial charge < -0.3 is 0 Å². The average molecular weight is 352 g/mol. The van der Waals surface area contributed by atoms with E-state index in [4.69, 9.17) is 28.5 Å². The largest absolute Gasteiger partial charge is 0.416 e. The fraction of sp³-hybridized carbons (Fsp3) is 0.167. The minimum Gasteiger partial charge on any atom is -0.275 e. The van der Waals surface area contributed by atoms with Crippen LogP contribution < -0.4 is 0 Å². The molecule has 0 atom stereocenters. The number of nitrogens with zero attached hydrogens (tertiary/aromatic N) is 2. The number of thioether (sulfide) groups is 1. The molecular formula is C12H6Cl2F3N3S. The lowest BCUT2D eigenvalue weighted by molar-refractivity contribution is -0.137. The summed E-state index contributed by atoms with van der Waals surface area (Å²) in [5, 5.41) is 15.7. The Morgan fingerprint density at radius 3 is 2.29 bits per heavy atom. The second kappa shape index (κ2) is 5.79. The lowest BCUT2D eigenvalue weighted by Gasteiger charge is -2.11. The molecule has 0 aliphatic carbocycles. The minimum absolute atomic E-state index is 0.121. The number of halogens is 5. The first-order valence-corrected chi connectivity index (χ1v) is 7.36. The lowest BCUT2D eigenvalue weighted by Crippen LogP contribution is -2.05. The van der Waals surface area contributed by atoms with Crippen molar-refractivity contribution in [1.29, 1.82) is 5.26 Å². The number of nitriles is 1. The van der Waals surface area contributed by atoms with Crippen LogP contribution in [0.5, 0.6) is 0 Å². The van der Waals surface area contributed by atoms with Crippen molar-refractivity contribution in [2.75, 3.05) is 6.26 Å². The van der Waals surface area contributed by atoms with Gasteiger partial charge in [0.1, 0.15) is 16.7 Å². The third-order valence-corrected chi connectivity index (χ3v) is 3.94. The van der Waals surface area contributed by atoms with Crippen LogP contribution in [0.1, 0.15) is 11.1 Å². The van der Waals surface area contributed by atoms with Crippen molar-refractivity contribution in [3.63, 3.8) is 0 Å². The quantitative estimate of drug-likeness (QED) is 0.775. The fourth-order valence-electron chi connectivity index (χ4n) is 1.73. The summed E-state index contributed by atoms with van der Waals surface area (Å²) in [6.07, 6.45) is -2.83. The highest BCUT2D eigenvalue weighted by Gasteiger charge is 2.32. The maximum atomic E-state index is 12.7. The van der Waals surface area contributed by atoms with E-state index in [9.17, 15) is 13.2 Å². The molecule has 0 saturated carbocycles. The normalized spacial score (nSPS) is 11.5. The van der Waals surface area contributed by atoms with Gasteiger partial charge in [0.2, 0.25) is 0 Å². The summed E-state index contributed by atoms with van der Waals surface area (Å²) in [4.78, 5) is 0. The Kier molecular flexibility index (Phi) is 4.42. The highest BCUT2D eigenvalue weighted by Crippen LogP contribution is 2.41. The van der Waals surface area contributed by atoms with Crippen LogP contribution in [0.25, 0.3) is 11.3 Å². The summed E-state index contributed by atoms with van der Waals surface area (Å²) in [5.41, 5.74) is -0.448. The van der Waals surface area contributed by atoms with E-state index in [2.05, 4.69) is 10.2 Å². The van der Waals surface area contributed by atoms with Gasteiger partial charge in [0, 0.05) is 5.56 Å². The van der Waals surface area contributed by atoms with E-state index in [1.54, 1.807) is 6.26 Å². The molecular weight excluding hydrogens is 346 g/mol. The van der Waals surface area contributed by atoms with Gasteiger partial charge in [0.05, 0.1) is 21.3 Å². The van der Waals surface area contributed by atoms with Gasteiger partial charge in [-0.25, -0.2) is 0 Å². The maximum absolute atomic E-state index is 12.7. The van der Waals surface area contributed by atoms with E-state index < -0.39 is 11.7 Å². The molecule has 0 unspecified atom stereocenters. The van der Waals surface area contributed by atoms with Gasteiger partial charge >= 0.3 is 6.18 Å². The Morgan fingerprint density at radius 1 is 1.29 bits per heavy atom. The fourth-order valence-corrected chi connectivity index (χ4v) is 2.90. The van der Waals surface area contributed by atoms with Crippen molar-refractivity contribution in [2.24, 2.45) is 0 Å². The number of hydrogen-bond donors (Lipinski definition) is 1. The third-order valence-electron chi connectivity index (χ3n) is 2.66. The number of aromatic amines is 1. The van der Waals surface area contributed by atoms with E-state index in [1.807, 2.05) is 6.07 Å². The number of aromatic nitrogens is 2. The van der Waals surface area contributed by atoms with Crippen LogP contribution in [0.4, 0.5) is 13.2 Å². The minimum atomic E-state index is -4.55. The molecule has 0 amide bonds. The average Bonchev–Trinajstić information content (AvgIpc) is 2.79. The molecule has 0 saturated heterocycles.